The van der Waals surface area contributed by atoms with E-state index in [9.17, 15) is 0 Å². The molecule has 0 aliphatic carbocycles. The second kappa shape index (κ2) is 6.09. The van der Waals surface area contributed by atoms with Gasteiger partial charge in [0.2, 0.25) is 5.88 Å². The predicted octanol–water partition coefficient (Wildman–Crippen LogP) is 1.82. The molecule has 0 N–H and O–H groups in total. The summed E-state index contributed by atoms with van der Waals surface area (Å²) in [5, 5.41) is 8.62. The molecule has 4 heteroatoms. The molecular formula is C12H17N3O. The summed E-state index contributed by atoms with van der Waals surface area (Å²) in [6.45, 7) is 2.75. The van der Waals surface area contributed by atoms with Crippen LogP contribution < -0.4 is 4.74 Å². The standard InChI is InChI=1S/C12H17N3O/c1-10(7-8-13)15(2)9-11-5-4-6-12(14-11)16-3/h4-6,10H,7,9H2,1-3H3. The topological polar surface area (TPSA) is 49.1 Å². The number of hydrogen-bond donors (Lipinski definition) is 0. The van der Waals surface area contributed by atoms with Crippen LogP contribution in [0.4, 0.5) is 0 Å². The normalized spacial score (nSPS) is 12.2. The smallest absolute Gasteiger partial charge is 0.213 e. The molecule has 0 amide bonds. The van der Waals surface area contributed by atoms with E-state index < -0.39 is 0 Å². The number of ether oxygens (including phenoxy) is 1. The molecule has 0 aromatic carbocycles. The second-order valence-corrected chi connectivity index (χ2v) is 3.80. The maximum absolute atomic E-state index is 8.62. The van der Waals surface area contributed by atoms with E-state index in [2.05, 4.69) is 16.0 Å². The number of pyridine rings is 1. The van der Waals surface area contributed by atoms with Crippen LogP contribution in [0.2, 0.25) is 0 Å². The highest BCUT2D eigenvalue weighted by atomic mass is 16.5. The van der Waals surface area contributed by atoms with Crippen LogP contribution in [-0.4, -0.2) is 30.1 Å². The largest absolute Gasteiger partial charge is 0.481 e. The van der Waals surface area contributed by atoms with Crippen molar-refractivity contribution in [3.8, 4) is 11.9 Å². The Morgan fingerprint density at radius 2 is 2.31 bits per heavy atom. The van der Waals surface area contributed by atoms with Crippen molar-refractivity contribution in [2.45, 2.75) is 25.9 Å². The van der Waals surface area contributed by atoms with E-state index in [1.807, 2.05) is 32.2 Å². The SMILES string of the molecule is COc1cccc(CN(C)C(C)CC#N)n1. The van der Waals surface area contributed by atoms with Crippen molar-refractivity contribution in [1.29, 1.82) is 5.26 Å². The first kappa shape index (κ1) is 12.5. The van der Waals surface area contributed by atoms with Crippen molar-refractivity contribution in [2.75, 3.05) is 14.2 Å². The molecule has 1 heterocycles. The summed E-state index contributed by atoms with van der Waals surface area (Å²) in [4.78, 5) is 6.43. The van der Waals surface area contributed by atoms with Crippen LogP contribution in [-0.2, 0) is 6.54 Å². The number of hydrogen-bond acceptors (Lipinski definition) is 4. The Balaban J connectivity index is 2.62. The predicted molar refractivity (Wildman–Crippen MR) is 61.9 cm³/mol. The van der Waals surface area contributed by atoms with Crippen molar-refractivity contribution in [3.63, 3.8) is 0 Å². The zero-order valence-electron chi connectivity index (χ0n) is 9.97. The van der Waals surface area contributed by atoms with Gasteiger partial charge in [0.25, 0.3) is 0 Å². The molecule has 0 saturated heterocycles. The fourth-order valence-corrected chi connectivity index (χ4v) is 1.36. The first-order valence-electron chi connectivity index (χ1n) is 5.24. The van der Waals surface area contributed by atoms with Gasteiger partial charge in [-0.25, -0.2) is 4.98 Å². The number of aromatic nitrogens is 1. The zero-order valence-corrected chi connectivity index (χ0v) is 9.97. The molecule has 1 aromatic heterocycles. The quantitative estimate of drug-likeness (QED) is 0.758. The van der Waals surface area contributed by atoms with Crippen LogP contribution in [0.5, 0.6) is 5.88 Å². The molecule has 0 saturated carbocycles. The van der Waals surface area contributed by atoms with Crippen molar-refractivity contribution in [1.82, 2.24) is 9.88 Å². The lowest BCUT2D eigenvalue weighted by molar-refractivity contribution is 0.248. The molecule has 1 unspecified atom stereocenters. The van der Waals surface area contributed by atoms with Gasteiger partial charge in [0.05, 0.1) is 25.3 Å². The highest BCUT2D eigenvalue weighted by Crippen LogP contribution is 2.10. The summed E-state index contributed by atoms with van der Waals surface area (Å²) in [5.41, 5.74) is 0.951. The third-order valence-corrected chi connectivity index (χ3v) is 2.54. The summed E-state index contributed by atoms with van der Waals surface area (Å²) in [5.74, 6) is 0.624. The van der Waals surface area contributed by atoms with Crippen LogP contribution in [0.1, 0.15) is 19.0 Å². The third-order valence-electron chi connectivity index (χ3n) is 2.54. The fraction of sp³-hybridized carbons (Fsp3) is 0.500. The molecule has 0 bridgehead atoms. The molecule has 0 aliphatic heterocycles. The van der Waals surface area contributed by atoms with Crippen LogP contribution in [0.15, 0.2) is 18.2 Å². The van der Waals surface area contributed by atoms with E-state index >= 15 is 0 Å². The summed E-state index contributed by atoms with van der Waals surface area (Å²) >= 11 is 0. The summed E-state index contributed by atoms with van der Waals surface area (Å²) < 4.78 is 5.06. The Labute approximate surface area is 96.5 Å². The van der Waals surface area contributed by atoms with Crippen molar-refractivity contribution in [3.05, 3.63) is 23.9 Å². The zero-order chi connectivity index (χ0) is 12.0. The highest BCUT2D eigenvalue weighted by molar-refractivity contribution is 5.15. The molecule has 1 atom stereocenters. The monoisotopic (exact) mass is 219 g/mol. The Bertz CT molecular complexity index is 373. The molecule has 1 aromatic rings. The van der Waals surface area contributed by atoms with Crippen LogP contribution in [0.25, 0.3) is 0 Å². The summed E-state index contributed by atoms with van der Waals surface area (Å²) in [6.07, 6.45) is 0.528. The number of nitriles is 1. The van der Waals surface area contributed by atoms with E-state index in [-0.39, 0.29) is 6.04 Å². The average Bonchev–Trinajstić information content (AvgIpc) is 2.29. The number of methoxy groups -OCH3 is 1. The summed E-state index contributed by atoms with van der Waals surface area (Å²) in [6, 6.07) is 8.10. The van der Waals surface area contributed by atoms with Crippen LogP contribution in [0.3, 0.4) is 0 Å². The second-order valence-electron chi connectivity index (χ2n) is 3.80. The fourth-order valence-electron chi connectivity index (χ4n) is 1.36. The lowest BCUT2D eigenvalue weighted by Crippen LogP contribution is -2.28. The number of rotatable bonds is 5. The first-order valence-corrected chi connectivity index (χ1v) is 5.24. The van der Waals surface area contributed by atoms with Gasteiger partial charge < -0.3 is 4.74 Å². The van der Waals surface area contributed by atoms with Gasteiger partial charge in [-0.3, -0.25) is 4.90 Å². The Kier molecular flexibility index (Phi) is 4.74. The maximum Gasteiger partial charge on any atom is 0.213 e. The van der Waals surface area contributed by atoms with E-state index in [0.29, 0.717) is 12.3 Å². The lowest BCUT2D eigenvalue weighted by atomic mass is 10.2. The summed E-state index contributed by atoms with van der Waals surface area (Å²) in [7, 11) is 3.59. The van der Waals surface area contributed by atoms with E-state index in [1.165, 1.54) is 0 Å². The number of nitrogens with zero attached hydrogens (tertiary/aromatic N) is 3. The molecule has 4 nitrogen and oxygen atoms in total. The van der Waals surface area contributed by atoms with Crippen molar-refractivity contribution >= 4 is 0 Å². The molecule has 86 valence electrons. The molecule has 1 rings (SSSR count). The highest BCUT2D eigenvalue weighted by Gasteiger charge is 2.09. The van der Waals surface area contributed by atoms with Crippen LogP contribution >= 0.6 is 0 Å². The van der Waals surface area contributed by atoms with E-state index in [4.69, 9.17) is 10.00 Å². The van der Waals surface area contributed by atoms with Gasteiger partial charge in [0.1, 0.15) is 0 Å². The Hall–Kier alpha value is -1.60. The molecule has 16 heavy (non-hydrogen) atoms. The molecule has 0 radical (unpaired) electrons. The Morgan fingerprint density at radius 1 is 1.56 bits per heavy atom. The minimum absolute atomic E-state index is 0.234. The van der Waals surface area contributed by atoms with Gasteiger partial charge in [0, 0.05) is 18.7 Å². The van der Waals surface area contributed by atoms with Gasteiger partial charge in [-0.15, -0.1) is 0 Å². The van der Waals surface area contributed by atoms with Crippen LogP contribution in [0, 0.1) is 11.3 Å². The van der Waals surface area contributed by atoms with E-state index in [0.717, 1.165) is 12.2 Å². The third kappa shape index (κ3) is 3.52. The average molecular weight is 219 g/mol. The molecular weight excluding hydrogens is 202 g/mol. The van der Waals surface area contributed by atoms with Gasteiger partial charge in [-0.1, -0.05) is 6.07 Å². The lowest BCUT2D eigenvalue weighted by Gasteiger charge is -2.22. The van der Waals surface area contributed by atoms with Gasteiger partial charge in [-0.2, -0.15) is 5.26 Å². The van der Waals surface area contributed by atoms with Crippen molar-refractivity contribution < 1.29 is 4.74 Å². The minimum Gasteiger partial charge on any atom is -0.481 e. The minimum atomic E-state index is 0.234. The van der Waals surface area contributed by atoms with Gasteiger partial charge >= 0.3 is 0 Å². The van der Waals surface area contributed by atoms with Gasteiger partial charge in [0.15, 0.2) is 0 Å². The first-order chi connectivity index (χ1) is 7.67. The molecule has 0 spiro atoms. The molecule has 0 fully saturated rings. The van der Waals surface area contributed by atoms with Gasteiger partial charge in [-0.05, 0) is 20.0 Å². The van der Waals surface area contributed by atoms with Crippen molar-refractivity contribution in [2.24, 2.45) is 0 Å². The van der Waals surface area contributed by atoms with E-state index in [1.54, 1.807) is 7.11 Å². The molecule has 0 aliphatic rings. The maximum atomic E-state index is 8.62. The Morgan fingerprint density at radius 3 is 2.94 bits per heavy atom.